The number of hydrogen-bond acceptors (Lipinski definition) is 5. The summed E-state index contributed by atoms with van der Waals surface area (Å²) in [4.78, 5) is 24.5. The van der Waals surface area contributed by atoms with Crippen LogP contribution in [0.25, 0.3) is 33.6 Å². The Morgan fingerprint density at radius 2 is 1.71 bits per heavy atom. The fourth-order valence-corrected chi connectivity index (χ4v) is 3.40. The van der Waals surface area contributed by atoms with Crippen LogP contribution in [0.2, 0.25) is 0 Å². The van der Waals surface area contributed by atoms with E-state index in [1.807, 2.05) is 66.7 Å². The number of fused-ring (bicyclic) bond motifs is 2. The number of aromatic amines is 1. The number of rotatable bonds is 7. The number of hydrogen-bond donors (Lipinski definition) is 2. The lowest BCUT2D eigenvalue weighted by molar-refractivity contribution is -0.123. The number of para-hydroxylation sites is 5. The van der Waals surface area contributed by atoms with Gasteiger partial charge in [0, 0.05) is 13.0 Å². The third-order valence-electron chi connectivity index (χ3n) is 4.89. The predicted octanol–water partition coefficient (Wildman–Crippen LogP) is 4.11. The van der Waals surface area contributed by atoms with Crippen LogP contribution >= 0.6 is 0 Å². The number of carbonyl (C=O) groups is 1. The molecule has 7 heteroatoms. The highest BCUT2D eigenvalue weighted by molar-refractivity contribution is 5.79. The first kappa shape index (κ1) is 18.9. The van der Waals surface area contributed by atoms with Gasteiger partial charge in [-0.1, -0.05) is 36.4 Å². The van der Waals surface area contributed by atoms with E-state index in [9.17, 15) is 4.79 Å². The maximum atomic E-state index is 12.3. The highest BCUT2D eigenvalue weighted by atomic mass is 16.5. The summed E-state index contributed by atoms with van der Waals surface area (Å²) in [7, 11) is 0. The lowest BCUT2D eigenvalue weighted by Gasteiger charge is -2.09. The van der Waals surface area contributed by atoms with Gasteiger partial charge < -0.3 is 19.5 Å². The predicted molar refractivity (Wildman–Crippen MR) is 118 cm³/mol. The number of amides is 1. The summed E-state index contributed by atoms with van der Waals surface area (Å²) in [5.74, 6) is 1.63. The molecule has 0 saturated carbocycles. The summed E-state index contributed by atoms with van der Waals surface area (Å²) in [5, 5.41) is 2.86. The first-order chi connectivity index (χ1) is 15.3. The molecule has 2 N–H and O–H groups in total. The minimum atomic E-state index is -0.205. The van der Waals surface area contributed by atoms with Gasteiger partial charge >= 0.3 is 0 Å². The first-order valence-electron chi connectivity index (χ1n) is 10.0. The fourth-order valence-electron chi connectivity index (χ4n) is 3.40. The van der Waals surface area contributed by atoms with Crippen molar-refractivity contribution in [1.29, 1.82) is 0 Å². The number of nitrogens with zero attached hydrogens (tertiary/aromatic N) is 2. The Kier molecular flexibility index (Phi) is 5.06. The number of benzene rings is 3. The van der Waals surface area contributed by atoms with Gasteiger partial charge in [0.1, 0.15) is 17.1 Å². The molecule has 0 fully saturated rings. The third-order valence-corrected chi connectivity index (χ3v) is 4.89. The van der Waals surface area contributed by atoms with Gasteiger partial charge in [-0.25, -0.2) is 9.97 Å². The maximum Gasteiger partial charge on any atom is 0.257 e. The van der Waals surface area contributed by atoms with E-state index in [1.54, 1.807) is 6.07 Å². The van der Waals surface area contributed by atoms with Crippen LogP contribution < -0.4 is 10.1 Å². The van der Waals surface area contributed by atoms with Crippen LogP contribution in [0.1, 0.15) is 5.82 Å². The Hall–Kier alpha value is -4.13. The molecule has 5 rings (SSSR count). The first-order valence-corrected chi connectivity index (χ1v) is 10.0. The van der Waals surface area contributed by atoms with Crippen LogP contribution in [-0.2, 0) is 11.2 Å². The number of aromatic nitrogens is 3. The normalized spacial score (nSPS) is 11.1. The lowest BCUT2D eigenvalue weighted by Crippen LogP contribution is -2.30. The summed E-state index contributed by atoms with van der Waals surface area (Å²) >= 11 is 0. The van der Waals surface area contributed by atoms with E-state index in [0.29, 0.717) is 35.8 Å². The molecule has 5 aromatic rings. The van der Waals surface area contributed by atoms with Gasteiger partial charge in [0.05, 0.1) is 16.6 Å². The number of imidazole rings is 1. The fraction of sp³-hybridized carbons (Fsp3) is 0.125. The van der Waals surface area contributed by atoms with Crippen molar-refractivity contribution in [2.75, 3.05) is 13.2 Å². The minimum absolute atomic E-state index is 0.0998. The average molecular weight is 412 g/mol. The van der Waals surface area contributed by atoms with Crippen molar-refractivity contribution >= 4 is 28.0 Å². The molecule has 0 atom stereocenters. The Morgan fingerprint density at radius 3 is 2.58 bits per heavy atom. The van der Waals surface area contributed by atoms with Crippen LogP contribution in [-0.4, -0.2) is 34.0 Å². The molecule has 0 unspecified atom stereocenters. The quantitative estimate of drug-likeness (QED) is 0.420. The van der Waals surface area contributed by atoms with Crippen LogP contribution in [0.4, 0.5) is 0 Å². The molecule has 0 aliphatic carbocycles. The van der Waals surface area contributed by atoms with E-state index in [1.165, 1.54) is 0 Å². The molecule has 31 heavy (non-hydrogen) atoms. The molecule has 3 aromatic carbocycles. The molecular weight excluding hydrogens is 392 g/mol. The Morgan fingerprint density at radius 1 is 0.935 bits per heavy atom. The summed E-state index contributed by atoms with van der Waals surface area (Å²) in [6, 6.07) is 22.8. The van der Waals surface area contributed by atoms with Crippen molar-refractivity contribution in [1.82, 2.24) is 20.3 Å². The third kappa shape index (κ3) is 4.11. The van der Waals surface area contributed by atoms with E-state index in [-0.39, 0.29) is 12.5 Å². The molecule has 0 saturated heterocycles. The number of nitrogens with one attached hydrogen (secondary N) is 2. The smallest absolute Gasteiger partial charge is 0.257 e. The second-order valence-corrected chi connectivity index (χ2v) is 7.07. The molecule has 0 aliphatic rings. The maximum absolute atomic E-state index is 12.3. The van der Waals surface area contributed by atoms with Gasteiger partial charge in [-0.3, -0.25) is 4.79 Å². The Labute approximate surface area is 178 Å². The molecule has 0 aliphatic heterocycles. The second kappa shape index (κ2) is 8.31. The minimum Gasteiger partial charge on any atom is -0.483 e. The summed E-state index contributed by atoms with van der Waals surface area (Å²) in [6.45, 7) is 0.367. The van der Waals surface area contributed by atoms with Crippen LogP contribution in [0, 0.1) is 0 Å². The Balaban J connectivity index is 1.19. The highest BCUT2D eigenvalue weighted by Gasteiger charge is 2.14. The van der Waals surface area contributed by atoms with Crippen molar-refractivity contribution < 1.29 is 13.9 Å². The van der Waals surface area contributed by atoms with Gasteiger partial charge in [0.15, 0.2) is 12.2 Å². The van der Waals surface area contributed by atoms with Gasteiger partial charge in [-0.05, 0) is 36.4 Å². The summed E-state index contributed by atoms with van der Waals surface area (Å²) in [6.07, 6.45) is 0.611. The van der Waals surface area contributed by atoms with Crippen molar-refractivity contribution in [3.63, 3.8) is 0 Å². The largest absolute Gasteiger partial charge is 0.483 e. The topological polar surface area (TPSA) is 93.0 Å². The standard InChI is InChI=1S/C24H20N4O3/c29-23(25-14-13-22-26-17-8-2-3-9-18(17)27-22)15-30-20-11-5-1-7-16(20)24-28-19-10-4-6-12-21(19)31-24/h1-12H,13-15H2,(H,25,29)(H,26,27). The number of carbonyl (C=O) groups excluding carboxylic acids is 1. The molecule has 0 radical (unpaired) electrons. The zero-order valence-electron chi connectivity index (χ0n) is 16.7. The number of ether oxygens (including phenoxy) is 1. The molecule has 1 amide bonds. The molecule has 154 valence electrons. The molecule has 2 aromatic heterocycles. The summed E-state index contributed by atoms with van der Waals surface area (Å²) < 4.78 is 11.6. The zero-order valence-corrected chi connectivity index (χ0v) is 16.7. The van der Waals surface area contributed by atoms with Gasteiger partial charge in [0.2, 0.25) is 5.89 Å². The average Bonchev–Trinajstić information content (AvgIpc) is 3.41. The van der Waals surface area contributed by atoms with E-state index < -0.39 is 0 Å². The van der Waals surface area contributed by atoms with Gasteiger partial charge in [0.25, 0.3) is 5.91 Å². The van der Waals surface area contributed by atoms with Crippen LogP contribution in [0.5, 0.6) is 5.75 Å². The lowest BCUT2D eigenvalue weighted by atomic mass is 10.2. The van der Waals surface area contributed by atoms with Gasteiger partial charge in [-0.15, -0.1) is 0 Å². The van der Waals surface area contributed by atoms with Crippen molar-refractivity contribution in [3.05, 3.63) is 78.6 Å². The number of H-pyrrole nitrogens is 1. The molecule has 0 spiro atoms. The molecular formula is C24H20N4O3. The zero-order chi connectivity index (χ0) is 21.0. The monoisotopic (exact) mass is 412 g/mol. The van der Waals surface area contributed by atoms with Gasteiger partial charge in [-0.2, -0.15) is 0 Å². The van der Waals surface area contributed by atoms with Crippen LogP contribution in [0.3, 0.4) is 0 Å². The van der Waals surface area contributed by atoms with Crippen molar-refractivity contribution in [2.24, 2.45) is 0 Å². The molecule has 7 nitrogen and oxygen atoms in total. The Bertz CT molecular complexity index is 1290. The molecule has 2 heterocycles. The molecule has 0 bridgehead atoms. The highest BCUT2D eigenvalue weighted by Crippen LogP contribution is 2.31. The SMILES string of the molecule is O=C(COc1ccccc1-c1nc2ccccc2o1)NCCc1nc2ccccc2[nH]1. The van der Waals surface area contributed by atoms with Crippen molar-refractivity contribution in [3.8, 4) is 17.2 Å². The van der Waals surface area contributed by atoms with E-state index in [4.69, 9.17) is 9.15 Å². The van der Waals surface area contributed by atoms with Crippen molar-refractivity contribution in [2.45, 2.75) is 6.42 Å². The van der Waals surface area contributed by atoms with E-state index >= 15 is 0 Å². The summed E-state index contributed by atoms with van der Waals surface area (Å²) in [5.41, 5.74) is 4.09. The second-order valence-electron chi connectivity index (χ2n) is 7.07. The number of oxazole rings is 1. The van der Waals surface area contributed by atoms with Crippen LogP contribution in [0.15, 0.2) is 77.2 Å². The van der Waals surface area contributed by atoms with E-state index in [0.717, 1.165) is 22.4 Å². The van der Waals surface area contributed by atoms with E-state index in [2.05, 4.69) is 20.3 Å².